The Morgan fingerprint density at radius 2 is 1.78 bits per heavy atom. The number of carbonyl (C=O) groups excluding carboxylic acids is 1. The van der Waals surface area contributed by atoms with Gasteiger partial charge in [0.25, 0.3) is 5.91 Å². The van der Waals surface area contributed by atoms with Gasteiger partial charge in [0, 0.05) is 5.69 Å². The molecule has 0 spiro atoms. The van der Waals surface area contributed by atoms with Crippen molar-refractivity contribution in [3.8, 4) is 11.5 Å². The highest BCUT2D eigenvalue weighted by atomic mass is 19.4. The number of anilines is 1. The van der Waals surface area contributed by atoms with Gasteiger partial charge in [-0.3, -0.25) is 4.79 Å². The molecule has 2 aromatic carbocycles. The van der Waals surface area contributed by atoms with Gasteiger partial charge in [0.15, 0.2) is 11.5 Å². The lowest BCUT2D eigenvalue weighted by Gasteiger charge is -2.20. The molecule has 23 heavy (non-hydrogen) atoms. The maximum atomic E-state index is 12.7. The van der Waals surface area contributed by atoms with Gasteiger partial charge >= 0.3 is 6.18 Å². The van der Waals surface area contributed by atoms with Crippen molar-refractivity contribution in [2.75, 3.05) is 18.5 Å². The van der Waals surface area contributed by atoms with Crippen molar-refractivity contribution in [2.45, 2.75) is 6.18 Å². The van der Waals surface area contributed by atoms with Gasteiger partial charge in [0.2, 0.25) is 0 Å². The Morgan fingerprint density at radius 1 is 1.04 bits per heavy atom. The Hall–Kier alpha value is -2.70. The first kappa shape index (κ1) is 15.2. The summed E-state index contributed by atoms with van der Waals surface area (Å²) < 4.78 is 48.9. The van der Waals surface area contributed by atoms with Crippen LogP contribution in [0.25, 0.3) is 0 Å². The highest BCUT2D eigenvalue weighted by Gasteiger charge is 2.30. The van der Waals surface area contributed by atoms with Crippen LogP contribution in [0, 0.1) is 0 Å². The monoisotopic (exact) mass is 323 g/mol. The van der Waals surface area contributed by atoms with Crippen molar-refractivity contribution < 1.29 is 27.4 Å². The molecule has 1 heterocycles. The molecule has 0 radical (unpaired) electrons. The molecule has 1 amide bonds. The zero-order valence-electron chi connectivity index (χ0n) is 11.8. The van der Waals surface area contributed by atoms with Crippen LogP contribution in [-0.4, -0.2) is 19.1 Å². The summed E-state index contributed by atoms with van der Waals surface area (Å²) in [5, 5.41) is 2.45. The molecule has 0 aliphatic carbocycles. The molecule has 120 valence electrons. The quantitative estimate of drug-likeness (QED) is 0.916. The number of halogens is 3. The van der Waals surface area contributed by atoms with Crippen molar-refractivity contribution in [2.24, 2.45) is 0 Å². The van der Waals surface area contributed by atoms with Crippen LogP contribution in [0.1, 0.15) is 15.9 Å². The predicted octanol–water partition coefficient (Wildman–Crippen LogP) is 3.73. The molecule has 0 saturated carbocycles. The fourth-order valence-corrected chi connectivity index (χ4v) is 2.22. The maximum Gasteiger partial charge on any atom is 0.416 e. The molecule has 1 aliphatic rings. The first-order valence-corrected chi connectivity index (χ1v) is 6.82. The van der Waals surface area contributed by atoms with Crippen molar-refractivity contribution in [1.29, 1.82) is 0 Å². The van der Waals surface area contributed by atoms with Crippen LogP contribution >= 0.6 is 0 Å². The molecule has 0 fully saturated rings. The molecule has 0 aromatic heterocycles. The summed E-state index contributed by atoms with van der Waals surface area (Å²) in [5.41, 5.74) is -0.566. The first-order chi connectivity index (χ1) is 10.9. The van der Waals surface area contributed by atoms with E-state index in [4.69, 9.17) is 9.47 Å². The molecule has 0 unspecified atom stereocenters. The smallest absolute Gasteiger partial charge is 0.416 e. The van der Waals surface area contributed by atoms with E-state index < -0.39 is 17.6 Å². The molecule has 1 N–H and O–H groups in total. The van der Waals surface area contributed by atoms with E-state index in [9.17, 15) is 18.0 Å². The van der Waals surface area contributed by atoms with Crippen LogP contribution in [0.2, 0.25) is 0 Å². The van der Waals surface area contributed by atoms with Gasteiger partial charge in [-0.25, -0.2) is 0 Å². The lowest BCUT2D eigenvalue weighted by molar-refractivity contribution is -0.137. The largest absolute Gasteiger partial charge is 0.486 e. The predicted molar refractivity (Wildman–Crippen MR) is 76.8 cm³/mol. The summed E-state index contributed by atoms with van der Waals surface area (Å²) in [6.07, 6.45) is -4.47. The number of ether oxygens (including phenoxy) is 2. The van der Waals surface area contributed by atoms with E-state index in [1.807, 2.05) is 0 Å². The van der Waals surface area contributed by atoms with Gasteiger partial charge in [-0.05, 0) is 30.3 Å². The Kier molecular flexibility index (Phi) is 3.85. The molecular weight excluding hydrogens is 311 g/mol. The van der Waals surface area contributed by atoms with E-state index in [-0.39, 0.29) is 11.3 Å². The number of carbonyl (C=O) groups is 1. The number of benzene rings is 2. The summed E-state index contributed by atoms with van der Waals surface area (Å²) in [6.45, 7) is 0.687. The molecule has 0 bridgehead atoms. The van der Waals surface area contributed by atoms with Crippen LogP contribution in [0.3, 0.4) is 0 Å². The fraction of sp³-hybridized carbons (Fsp3) is 0.188. The standard InChI is InChI=1S/C16H12F3NO3/c17-16(18,19)10-3-1-4-11(9-10)20-15(21)12-5-2-6-13-14(12)23-8-7-22-13/h1-6,9H,7-8H2,(H,20,21). The molecule has 3 rings (SSSR count). The van der Waals surface area contributed by atoms with Crippen molar-refractivity contribution in [1.82, 2.24) is 0 Å². The average molecular weight is 323 g/mol. The van der Waals surface area contributed by atoms with Gasteiger partial charge in [0.05, 0.1) is 11.1 Å². The second kappa shape index (κ2) is 5.83. The normalized spacial score (nSPS) is 13.5. The fourth-order valence-electron chi connectivity index (χ4n) is 2.22. The number of alkyl halides is 3. The van der Waals surface area contributed by atoms with Crippen LogP contribution in [-0.2, 0) is 6.18 Å². The van der Waals surface area contributed by atoms with Gasteiger partial charge in [0.1, 0.15) is 13.2 Å². The Labute approximate surface area is 129 Å². The summed E-state index contributed by atoms with van der Waals surface area (Å²) in [4.78, 5) is 12.3. The number of para-hydroxylation sites is 1. The van der Waals surface area contributed by atoms with Crippen LogP contribution < -0.4 is 14.8 Å². The third kappa shape index (κ3) is 3.23. The van der Waals surface area contributed by atoms with Gasteiger partial charge in [-0.1, -0.05) is 12.1 Å². The highest BCUT2D eigenvalue weighted by molar-refractivity contribution is 6.06. The minimum atomic E-state index is -4.47. The van der Waals surface area contributed by atoms with Crippen LogP contribution in [0.4, 0.5) is 18.9 Å². The summed E-state index contributed by atoms with van der Waals surface area (Å²) >= 11 is 0. The summed E-state index contributed by atoms with van der Waals surface area (Å²) in [6, 6.07) is 9.25. The molecule has 0 atom stereocenters. The third-order valence-corrected chi connectivity index (χ3v) is 3.26. The van der Waals surface area contributed by atoms with E-state index in [0.717, 1.165) is 12.1 Å². The molecule has 1 aliphatic heterocycles. The highest BCUT2D eigenvalue weighted by Crippen LogP contribution is 2.34. The zero-order valence-corrected chi connectivity index (χ0v) is 11.8. The van der Waals surface area contributed by atoms with Crippen LogP contribution in [0.15, 0.2) is 42.5 Å². The topological polar surface area (TPSA) is 47.6 Å². The molecule has 4 nitrogen and oxygen atoms in total. The van der Waals surface area contributed by atoms with E-state index in [1.54, 1.807) is 12.1 Å². The lowest BCUT2D eigenvalue weighted by atomic mass is 10.1. The number of hydrogen-bond donors (Lipinski definition) is 1. The summed E-state index contributed by atoms with van der Waals surface area (Å²) in [7, 11) is 0. The van der Waals surface area contributed by atoms with E-state index in [0.29, 0.717) is 24.7 Å². The minimum Gasteiger partial charge on any atom is -0.486 e. The second-order valence-corrected chi connectivity index (χ2v) is 4.86. The van der Waals surface area contributed by atoms with E-state index in [1.165, 1.54) is 18.2 Å². The third-order valence-electron chi connectivity index (χ3n) is 3.26. The summed E-state index contributed by atoms with van der Waals surface area (Å²) in [5.74, 6) is 0.169. The van der Waals surface area contributed by atoms with Gasteiger partial charge < -0.3 is 14.8 Å². The average Bonchev–Trinajstić information content (AvgIpc) is 2.53. The van der Waals surface area contributed by atoms with E-state index in [2.05, 4.69) is 5.32 Å². The Morgan fingerprint density at radius 3 is 2.57 bits per heavy atom. The number of nitrogens with one attached hydrogen (secondary N) is 1. The maximum absolute atomic E-state index is 12.7. The van der Waals surface area contributed by atoms with Crippen LogP contribution in [0.5, 0.6) is 11.5 Å². The van der Waals surface area contributed by atoms with Crippen molar-refractivity contribution in [3.05, 3.63) is 53.6 Å². The van der Waals surface area contributed by atoms with Gasteiger partial charge in [-0.15, -0.1) is 0 Å². The van der Waals surface area contributed by atoms with Crippen molar-refractivity contribution >= 4 is 11.6 Å². The number of rotatable bonds is 2. The number of hydrogen-bond acceptors (Lipinski definition) is 3. The number of amides is 1. The molecule has 0 saturated heterocycles. The van der Waals surface area contributed by atoms with Gasteiger partial charge in [-0.2, -0.15) is 13.2 Å². The first-order valence-electron chi connectivity index (χ1n) is 6.82. The van der Waals surface area contributed by atoms with E-state index >= 15 is 0 Å². The molecule has 2 aromatic rings. The Balaban J connectivity index is 1.86. The minimum absolute atomic E-state index is 0.0548. The zero-order chi connectivity index (χ0) is 16.4. The lowest BCUT2D eigenvalue weighted by Crippen LogP contribution is -2.20. The number of fused-ring (bicyclic) bond motifs is 1. The van der Waals surface area contributed by atoms with Crippen molar-refractivity contribution in [3.63, 3.8) is 0 Å². The molecular formula is C16H12F3NO3. The Bertz CT molecular complexity index is 744. The molecule has 7 heteroatoms. The second-order valence-electron chi connectivity index (χ2n) is 4.86. The SMILES string of the molecule is O=C(Nc1cccc(C(F)(F)F)c1)c1cccc2c1OCCO2.